The van der Waals surface area contributed by atoms with Gasteiger partial charge in [0, 0.05) is 45.1 Å². The Hall–Kier alpha value is -2.40. The summed E-state index contributed by atoms with van der Waals surface area (Å²) in [5, 5.41) is 0. The minimum atomic E-state index is 0.0572. The van der Waals surface area contributed by atoms with Gasteiger partial charge in [0.05, 0.1) is 0 Å². The van der Waals surface area contributed by atoms with Crippen LogP contribution in [0.1, 0.15) is 16.7 Å². The van der Waals surface area contributed by atoms with Gasteiger partial charge in [-0.1, -0.05) is 6.07 Å². The fourth-order valence-corrected chi connectivity index (χ4v) is 2.94. The number of ether oxygens (including phenoxy) is 1. The summed E-state index contributed by atoms with van der Waals surface area (Å²) in [4.78, 5) is 20.7. The lowest BCUT2D eigenvalue weighted by atomic mass is 10.1. The molecule has 132 valence electrons. The monoisotopic (exact) mass is 339 g/mol. The van der Waals surface area contributed by atoms with Gasteiger partial charge in [0.1, 0.15) is 5.75 Å². The first-order chi connectivity index (χ1) is 12.1. The lowest BCUT2D eigenvalue weighted by molar-refractivity contribution is -0.135. The first kappa shape index (κ1) is 17.4. The van der Waals surface area contributed by atoms with E-state index in [1.807, 2.05) is 54.5 Å². The molecule has 0 saturated carbocycles. The minimum absolute atomic E-state index is 0.0572. The van der Waals surface area contributed by atoms with Gasteiger partial charge in [-0.15, -0.1) is 0 Å². The van der Waals surface area contributed by atoms with Gasteiger partial charge in [0.2, 0.25) is 0 Å². The zero-order valence-electron chi connectivity index (χ0n) is 14.9. The van der Waals surface area contributed by atoms with Gasteiger partial charge in [0.25, 0.3) is 5.91 Å². The van der Waals surface area contributed by atoms with Crippen molar-refractivity contribution >= 4 is 5.91 Å². The highest BCUT2D eigenvalue weighted by molar-refractivity contribution is 5.77. The molecule has 5 heteroatoms. The zero-order chi connectivity index (χ0) is 17.6. The number of carbonyl (C=O) groups excluding carboxylic acids is 1. The summed E-state index contributed by atoms with van der Waals surface area (Å²) < 4.78 is 5.67. The number of benzene rings is 1. The summed E-state index contributed by atoms with van der Waals surface area (Å²) >= 11 is 0. The average Bonchev–Trinajstić information content (AvgIpc) is 2.64. The molecule has 3 rings (SSSR count). The van der Waals surface area contributed by atoms with Crippen LogP contribution in [0.5, 0.6) is 5.75 Å². The summed E-state index contributed by atoms with van der Waals surface area (Å²) in [6, 6.07) is 9.99. The Morgan fingerprint density at radius 3 is 2.44 bits per heavy atom. The van der Waals surface area contributed by atoms with Crippen molar-refractivity contribution in [3.63, 3.8) is 0 Å². The second kappa shape index (κ2) is 8.12. The highest BCUT2D eigenvalue weighted by atomic mass is 16.5. The Labute approximate surface area is 149 Å². The molecular formula is C20H25N3O2. The van der Waals surface area contributed by atoms with Crippen LogP contribution in [0.2, 0.25) is 0 Å². The minimum Gasteiger partial charge on any atom is -0.484 e. The normalized spacial score (nSPS) is 15.2. The molecular weight excluding hydrogens is 314 g/mol. The van der Waals surface area contributed by atoms with E-state index in [4.69, 9.17) is 4.74 Å². The molecule has 2 aromatic rings. The summed E-state index contributed by atoms with van der Waals surface area (Å²) in [6.45, 7) is 8.40. The third kappa shape index (κ3) is 4.79. The van der Waals surface area contributed by atoms with E-state index in [0.717, 1.165) is 38.5 Å². The van der Waals surface area contributed by atoms with E-state index in [9.17, 15) is 4.79 Å². The molecule has 0 aliphatic carbocycles. The molecule has 0 N–H and O–H groups in total. The molecule has 2 heterocycles. The maximum Gasteiger partial charge on any atom is 0.260 e. The number of carbonyl (C=O) groups is 1. The standard InChI is InChI=1S/C20H25N3O2/c1-16-3-4-19(13-17(16)2)25-15-20(24)23-11-9-22(10-12-23)14-18-5-7-21-8-6-18/h3-8,13H,9-12,14-15H2,1-2H3. The van der Waals surface area contributed by atoms with Crippen LogP contribution in [-0.2, 0) is 11.3 Å². The third-order valence-electron chi connectivity index (χ3n) is 4.72. The van der Waals surface area contributed by atoms with Crippen molar-refractivity contribution in [1.82, 2.24) is 14.8 Å². The highest BCUT2D eigenvalue weighted by Crippen LogP contribution is 2.16. The maximum atomic E-state index is 12.4. The van der Waals surface area contributed by atoms with Gasteiger partial charge >= 0.3 is 0 Å². The van der Waals surface area contributed by atoms with Crippen LogP contribution >= 0.6 is 0 Å². The number of amides is 1. The van der Waals surface area contributed by atoms with Crippen LogP contribution in [-0.4, -0.2) is 53.5 Å². The van der Waals surface area contributed by atoms with Gasteiger partial charge in [-0.3, -0.25) is 14.7 Å². The number of nitrogens with zero attached hydrogens (tertiary/aromatic N) is 3. The van der Waals surface area contributed by atoms with Crippen molar-refractivity contribution in [2.45, 2.75) is 20.4 Å². The van der Waals surface area contributed by atoms with Crippen molar-refractivity contribution in [1.29, 1.82) is 0 Å². The molecule has 1 aliphatic heterocycles. The highest BCUT2D eigenvalue weighted by Gasteiger charge is 2.21. The van der Waals surface area contributed by atoms with E-state index >= 15 is 0 Å². The Bertz CT molecular complexity index is 710. The smallest absolute Gasteiger partial charge is 0.260 e. The summed E-state index contributed by atoms with van der Waals surface area (Å²) in [7, 11) is 0. The SMILES string of the molecule is Cc1ccc(OCC(=O)N2CCN(Cc3ccncc3)CC2)cc1C. The maximum absolute atomic E-state index is 12.4. The fraction of sp³-hybridized carbons (Fsp3) is 0.400. The van der Waals surface area contributed by atoms with E-state index in [-0.39, 0.29) is 12.5 Å². The van der Waals surface area contributed by atoms with Crippen LogP contribution in [0.3, 0.4) is 0 Å². The fourth-order valence-electron chi connectivity index (χ4n) is 2.94. The number of hydrogen-bond acceptors (Lipinski definition) is 4. The number of aromatic nitrogens is 1. The van der Waals surface area contributed by atoms with Gasteiger partial charge in [-0.2, -0.15) is 0 Å². The van der Waals surface area contributed by atoms with E-state index in [1.165, 1.54) is 16.7 Å². The Morgan fingerprint density at radius 2 is 1.76 bits per heavy atom. The predicted octanol–water partition coefficient (Wildman–Crippen LogP) is 2.42. The number of pyridine rings is 1. The first-order valence-corrected chi connectivity index (χ1v) is 8.71. The molecule has 0 atom stereocenters. The Balaban J connectivity index is 1.44. The van der Waals surface area contributed by atoms with Crippen molar-refractivity contribution in [3.05, 3.63) is 59.4 Å². The molecule has 1 saturated heterocycles. The number of rotatable bonds is 5. The van der Waals surface area contributed by atoms with Crippen molar-refractivity contribution < 1.29 is 9.53 Å². The van der Waals surface area contributed by atoms with E-state index in [0.29, 0.717) is 0 Å². The quantitative estimate of drug-likeness (QED) is 0.839. The molecule has 1 aromatic carbocycles. The topological polar surface area (TPSA) is 45.7 Å². The predicted molar refractivity (Wildman–Crippen MR) is 97.5 cm³/mol. The largest absolute Gasteiger partial charge is 0.484 e. The van der Waals surface area contributed by atoms with Crippen LogP contribution in [0.4, 0.5) is 0 Å². The van der Waals surface area contributed by atoms with Gasteiger partial charge in [-0.05, 0) is 54.8 Å². The molecule has 0 spiro atoms. The van der Waals surface area contributed by atoms with Gasteiger partial charge < -0.3 is 9.64 Å². The average molecular weight is 339 g/mol. The van der Waals surface area contributed by atoms with Crippen LogP contribution in [0.15, 0.2) is 42.7 Å². The molecule has 0 bridgehead atoms. The number of piperazine rings is 1. The van der Waals surface area contributed by atoms with Crippen molar-refractivity contribution in [2.75, 3.05) is 32.8 Å². The van der Waals surface area contributed by atoms with Gasteiger partial charge in [0.15, 0.2) is 6.61 Å². The van der Waals surface area contributed by atoms with E-state index < -0.39 is 0 Å². The van der Waals surface area contributed by atoms with E-state index in [1.54, 1.807) is 0 Å². The second-order valence-corrected chi connectivity index (χ2v) is 6.55. The van der Waals surface area contributed by atoms with Crippen molar-refractivity contribution in [2.24, 2.45) is 0 Å². The summed E-state index contributed by atoms with van der Waals surface area (Å²) in [5.74, 6) is 0.814. The molecule has 25 heavy (non-hydrogen) atoms. The zero-order valence-corrected chi connectivity index (χ0v) is 14.9. The van der Waals surface area contributed by atoms with Crippen LogP contribution < -0.4 is 4.74 Å². The lowest BCUT2D eigenvalue weighted by Crippen LogP contribution is -2.49. The first-order valence-electron chi connectivity index (χ1n) is 8.71. The molecule has 0 unspecified atom stereocenters. The molecule has 5 nitrogen and oxygen atoms in total. The molecule has 1 aliphatic rings. The summed E-state index contributed by atoms with van der Waals surface area (Å²) in [5.41, 5.74) is 3.66. The van der Waals surface area contributed by atoms with Crippen LogP contribution in [0.25, 0.3) is 0 Å². The van der Waals surface area contributed by atoms with Gasteiger partial charge in [-0.25, -0.2) is 0 Å². The molecule has 1 fully saturated rings. The molecule has 1 aromatic heterocycles. The molecule has 1 amide bonds. The molecule has 0 radical (unpaired) electrons. The summed E-state index contributed by atoms with van der Waals surface area (Å²) in [6.07, 6.45) is 3.64. The number of hydrogen-bond donors (Lipinski definition) is 0. The lowest BCUT2D eigenvalue weighted by Gasteiger charge is -2.34. The third-order valence-corrected chi connectivity index (χ3v) is 4.72. The second-order valence-electron chi connectivity index (χ2n) is 6.55. The Kier molecular flexibility index (Phi) is 5.66. The number of aryl methyl sites for hydroxylation is 2. The van der Waals surface area contributed by atoms with Crippen molar-refractivity contribution in [3.8, 4) is 5.75 Å². The Morgan fingerprint density at radius 1 is 1.04 bits per heavy atom. The van der Waals surface area contributed by atoms with Crippen LogP contribution in [0, 0.1) is 13.8 Å². The van der Waals surface area contributed by atoms with E-state index in [2.05, 4.69) is 16.8 Å².